The summed E-state index contributed by atoms with van der Waals surface area (Å²) in [6, 6.07) is 0. The van der Waals surface area contributed by atoms with Crippen molar-refractivity contribution in [1.29, 1.82) is 0 Å². The van der Waals surface area contributed by atoms with Gasteiger partial charge in [0, 0.05) is 33.2 Å². The van der Waals surface area contributed by atoms with Crippen LogP contribution in [0.1, 0.15) is 13.8 Å². The quantitative estimate of drug-likeness (QED) is 0.498. The summed E-state index contributed by atoms with van der Waals surface area (Å²) in [7, 11) is 1.44. The minimum Gasteiger partial charge on any atom is -0.475 e. The molecule has 14 heteroatoms. The number of carboxylic acid groups (broad SMARTS) is 1. The van der Waals surface area contributed by atoms with Crippen LogP contribution in [0.4, 0.5) is 19.1 Å². The van der Waals surface area contributed by atoms with Crippen molar-refractivity contribution in [3.05, 3.63) is 20.8 Å². The molecule has 33 heavy (non-hydrogen) atoms. The molecule has 11 nitrogen and oxygen atoms in total. The number of carboxylic acids is 1. The summed E-state index contributed by atoms with van der Waals surface area (Å²) in [4.78, 5) is 41.0. The van der Waals surface area contributed by atoms with Crippen molar-refractivity contribution in [2.24, 2.45) is 7.05 Å². The lowest BCUT2D eigenvalue weighted by molar-refractivity contribution is -0.192. The number of aliphatic hydroxyl groups is 1. The normalized spacial score (nSPS) is 14.8. The number of halogens is 3. The average molecular weight is 474 g/mol. The number of nitrogens with one attached hydrogen (secondary N) is 1. The zero-order chi connectivity index (χ0) is 24.9. The van der Waals surface area contributed by atoms with Crippen LogP contribution in [0.2, 0.25) is 0 Å². The second-order valence-electron chi connectivity index (χ2n) is 7.24. The van der Waals surface area contributed by atoms with Crippen molar-refractivity contribution in [2.45, 2.75) is 39.2 Å². The molecule has 2 aromatic heterocycles. The van der Waals surface area contributed by atoms with E-state index in [2.05, 4.69) is 27.0 Å². The predicted octanol–water partition coefficient (Wildman–Crippen LogP) is -0.656. The van der Waals surface area contributed by atoms with Gasteiger partial charge in [-0.3, -0.25) is 18.5 Å². The first-order chi connectivity index (χ1) is 15.4. The molecule has 3 heterocycles. The van der Waals surface area contributed by atoms with E-state index in [0.717, 1.165) is 30.7 Å². The standard InChI is InChI=1S/C17H24N6O3.C2HF3O2/c1-4-5-8-22-13-14(19-16(22)21-9-6-18-7-10-21)23(11-12(2)24)17(26)20(3)15(13)25;3-2(4,5)1(6)7/h12,18,24H,6-11H2,1-3H3;(H,6,7). The number of rotatable bonds is 4. The number of aliphatic hydroxyl groups excluding tert-OH is 1. The Balaban J connectivity index is 0.000000479. The van der Waals surface area contributed by atoms with Gasteiger partial charge in [-0.1, -0.05) is 5.92 Å². The summed E-state index contributed by atoms with van der Waals surface area (Å²) >= 11 is 0. The van der Waals surface area contributed by atoms with Gasteiger partial charge in [0.05, 0.1) is 19.2 Å². The first kappa shape index (κ1) is 25.9. The van der Waals surface area contributed by atoms with Crippen LogP contribution in [0.25, 0.3) is 11.2 Å². The van der Waals surface area contributed by atoms with Gasteiger partial charge in [0.1, 0.15) is 0 Å². The zero-order valence-corrected chi connectivity index (χ0v) is 18.3. The maximum absolute atomic E-state index is 12.8. The Hall–Kier alpha value is -3.31. The molecule has 2 aromatic rings. The fourth-order valence-electron chi connectivity index (χ4n) is 3.19. The van der Waals surface area contributed by atoms with Crippen molar-refractivity contribution >= 4 is 23.1 Å². The summed E-state index contributed by atoms with van der Waals surface area (Å²) in [6.07, 6.45) is -5.82. The number of carbonyl (C=O) groups is 1. The molecule has 182 valence electrons. The van der Waals surface area contributed by atoms with Crippen LogP contribution >= 0.6 is 0 Å². The van der Waals surface area contributed by atoms with Gasteiger partial charge in [-0.2, -0.15) is 18.2 Å². The van der Waals surface area contributed by atoms with Gasteiger partial charge in [-0.25, -0.2) is 9.59 Å². The van der Waals surface area contributed by atoms with Crippen LogP contribution in [0.5, 0.6) is 0 Å². The number of aliphatic carboxylic acids is 1. The van der Waals surface area contributed by atoms with E-state index in [1.54, 1.807) is 18.4 Å². The lowest BCUT2D eigenvalue weighted by Crippen LogP contribution is -2.44. The lowest BCUT2D eigenvalue weighted by Gasteiger charge is -2.28. The zero-order valence-electron chi connectivity index (χ0n) is 18.3. The van der Waals surface area contributed by atoms with Gasteiger partial charge in [-0.15, -0.1) is 5.92 Å². The van der Waals surface area contributed by atoms with Crippen molar-refractivity contribution < 1.29 is 28.2 Å². The molecule has 1 aliphatic heterocycles. The van der Waals surface area contributed by atoms with E-state index in [9.17, 15) is 27.9 Å². The van der Waals surface area contributed by atoms with E-state index in [-0.39, 0.29) is 6.54 Å². The second kappa shape index (κ2) is 10.5. The Morgan fingerprint density at radius 3 is 2.30 bits per heavy atom. The van der Waals surface area contributed by atoms with Gasteiger partial charge < -0.3 is 20.4 Å². The third-order valence-corrected chi connectivity index (χ3v) is 4.71. The van der Waals surface area contributed by atoms with Gasteiger partial charge in [0.15, 0.2) is 11.2 Å². The highest BCUT2D eigenvalue weighted by molar-refractivity contribution is 5.75. The molecule has 1 atom stereocenters. The van der Waals surface area contributed by atoms with Crippen LogP contribution in [0, 0.1) is 11.8 Å². The Bertz CT molecular complexity index is 1180. The van der Waals surface area contributed by atoms with Crippen LogP contribution in [-0.4, -0.2) is 73.3 Å². The minimum absolute atomic E-state index is 0.0704. The summed E-state index contributed by atoms with van der Waals surface area (Å²) in [6.45, 7) is 6.87. The SMILES string of the molecule is CC#CCn1c(N2CCNCC2)nc2c1c(=O)n(C)c(=O)n2CC(C)O.O=C(O)C(F)(F)F. The van der Waals surface area contributed by atoms with Crippen molar-refractivity contribution in [3.63, 3.8) is 0 Å². The largest absolute Gasteiger partial charge is 0.490 e. The molecule has 3 N–H and O–H groups in total. The number of fused-ring (bicyclic) bond motifs is 1. The summed E-state index contributed by atoms with van der Waals surface area (Å²) < 4.78 is 35.9. The minimum atomic E-state index is -5.08. The maximum atomic E-state index is 12.8. The van der Waals surface area contributed by atoms with Crippen LogP contribution in [0.3, 0.4) is 0 Å². The highest BCUT2D eigenvalue weighted by Gasteiger charge is 2.38. The molecule has 0 radical (unpaired) electrons. The highest BCUT2D eigenvalue weighted by Crippen LogP contribution is 2.20. The third kappa shape index (κ3) is 5.93. The van der Waals surface area contributed by atoms with E-state index in [1.165, 1.54) is 11.6 Å². The fourth-order valence-corrected chi connectivity index (χ4v) is 3.19. The number of anilines is 1. The molecule has 1 saturated heterocycles. The van der Waals surface area contributed by atoms with E-state index in [1.807, 2.05) is 0 Å². The van der Waals surface area contributed by atoms with E-state index in [4.69, 9.17) is 9.90 Å². The summed E-state index contributed by atoms with van der Waals surface area (Å²) in [5, 5.41) is 20.2. The topological polar surface area (TPSA) is 135 Å². The predicted molar refractivity (Wildman–Crippen MR) is 113 cm³/mol. The van der Waals surface area contributed by atoms with Crippen LogP contribution < -0.4 is 21.5 Å². The van der Waals surface area contributed by atoms with Crippen molar-refractivity contribution in [3.8, 4) is 11.8 Å². The first-order valence-electron chi connectivity index (χ1n) is 9.93. The number of hydrogen-bond acceptors (Lipinski definition) is 7. The Kier molecular flexibility index (Phi) is 8.29. The molecule has 1 unspecified atom stereocenters. The Morgan fingerprint density at radius 2 is 1.82 bits per heavy atom. The Labute approximate surface area is 186 Å². The number of imidazole rings is 1. The molecular weight excluding hydrogens is 449 g/mol. The summed E-state index contributed by atoms with van der Waals surface area (Å²) in [5.41, 5.74) is -0.255. The van der Waals surface area contributed by atoms with Gasteiger partial charge in [0.2, 0.25) is 5.95 Å². The molecular formula is C19H25F3N6O5. The van der Waals surface area contributed by atoms with Gasteiger partial charge in [0.25, 0.3) is 5.56 Å². The van der Waals surface area contributed by atoms with Crippen LogP contribution in [-0.2, 0) is 24.9 Å². The molecule has 0 aliphatic carbocycles. The smallest absolute Gasteiger partial charge is 0.475 e. The molecule has 1 aliphatic rings. The van der Waals surface area contributed by atoms with Gasteiger partial charge in [-0.05, 0) is 13.8 Å². The molecule has 0 spiro atoms. The number of piperazine rings is 1. The van der Waals surface area contributed by atoms with E-state index in [0.29, 0.717) is 23.7 Å². The third-order valence-electron chi connectivity index (χ3n) is 4.71. The highest BCUT2D eigenvalue weighted by atomic mass is 19.4. The number of hydrogen-bond donors (Lipinski definition) is 3. The molecule has 0 saturated carbocycles. The summed E-state index contributed by atoms with van der Waals surface area (Å²) in [5.74, 6) is 3.71. The monoisotopic (exact) mass is 474 g/mol. The number of nitrogens with zero attached hydrogens (tertiary/aromatic N) is 5. The van der Waals surface area contributed by atoms with Crippen LogP contribution in [0.15, 0.2) is 9.59 Å². The first-order valence-corrected chi connectivity index (χ1v) is 9.93. The number of aromatic nitrogens is 4. The van der Waals surface area contributed by atoms with Crippen molar-refractivity contribution in [2.75, 3.05) is 31.1 Å². The van der Waals surface area contributed by atoms with E-state index >= 15 is 0 Å². The molecule has 0 amide bonds. The Morgan fingerprint density at radius 1 is 1.24 bits per heavy atom. The molecule has 1 fully saturated rings. The fraction of sp³-hybridized carbons (Fsp3) is 0.579. The van der Waals surface area contributed by atoms with Crippen molar-refractivity contribution in [1.82, 2.24) is 24.0 Å². The van der Waals surface area contributed by atoms with Gasteiger partial charge >= 0.3 is 17.8 Å². The molecule has 0 aromatic carbocycles. The lowest BCUT2D eigenvalue weighted by atomic mass is 10.4. The number of alkyl halides is 3. The average Bonchev–Trinajstić information content (AvgIpc) is 3.13. The molecule has 3 rings (SSSR count). The maximum Gasteiger partial charge on any atom is 0.490 e. The second-order valence-corrected chi connectivity index (χ2v) is 7.24. The molecule has 0 bridgehead atoms. The van der Waals surface area contributed by atoms with E-state index < -0.39 is 29.5 Å².